The number of anilines is 1. The van der Waals surface area contributed by atoms with Crippen molar-refractivity contribution in [2.75, 3.05) is 11.9 Å². The van der Waals surface area contributed by atoms with Crippen molar-refractivity contribution in [1.82, 2.24) is 4.57 Å². The Labute approximate surface area is 209 Å². The van der Waals surface area contributed by atoms with Gasteiger partial charge in [-0.1, -0.05) is 65.1 Å². The molecule has 1 heterocycles. The van der Waals surface area contributed by atoms with Crippen molar-refractivity contribution in [3.05, 3.63) is 97.8 Å². The van der Waals surface area contributed by atoms with Crippen molar-refractivity contribution in [2.45, 2.75) is 0 Å². The zero-order valence-corrected chi connectivity index (χ0v) is 20.0. The number of carbonyl (C=O) groups excluding carboxylic acids is 2. The number of rotatable bonds is 5. The first-order valence-corrected chi connectivity index (χ1v) is 11.2. The van der Waals surface area contributed by atoms with Crippen LogP contribution in [0.1, 0.15) is 10.5 Å². The second-order valence-corrected chi connectivity index (χ2v) is 8.67. The molecular weight excluding hydrogens is 499 g/mol. The molecular formula is C25H17Cl3N2O4. The van der Waals surface area contributed by atoms with Gasteiger partial charge in [-0.05, 0) is 47.3 Å². The summed E-state index contributed by atoms with van der Waals surface area (Å²) in [6, 6.07) is 18.4. The number of benzene rings is 3. The molecule has 4 aromatic rings. The lowest BCUT2D eigenvalue weighted by Crippen LogP contribution is -2.28. The summed E-state index contributed by atoms with van der Waals surface area (Å²) in [4.78, 5) is 38.5. The number of ether oxygens (including phenoxy) is 1. The van der Waals surface area contributed by atoms with E-state index in [4.69, 9.17) is 39.5 Å². The predicted octanol–water partition coefficient (Wildman–Crippen LogP) is 5.96. The van der Waals surface area contributed by atoms with Crippen LogP contribution in [0.3, 0.4) is 0 Å². The molecule has 1 aromatic heterocycles. The van der Waals surface area contributed by atoms with Gasteiger partial charge in [0.25, 0.3) is 11.5 Å². The zero-order chi connectivity index (χ0) is 24.4. The van der Waals surface area contributed by atoms with Gasteiger partial charge in [0.2, 0.25) is 0 Å². The lowest BCUT2D eigenvalue weighted by molar-refractivity contribution is -0.119. The number of amides is 1. The summed E-state index contributed by atoms with van der Waals surface area (Å²) in [5.74, 6) is -1.43. The molecule has 6 nitrogen and oxygen atoms in total. The molecule has 0 bridgehead atoms. The lowest BCUT2D eigenvalue weighted by Gasteiger charge is -2.17. The molecule has 0 atom stereocenters. The average molecular weight is 516 g/mol. The van der Waals surface area contributed by atoms with E-state index in [9.17, 15) is 14.4 Å². The van der Waals surface area contributed by atoms with Crippen LogP contribution in [0.15, 0.2) is 71.5 Å². The van der Waals surface area contributed by atoms with Crippen LogP contribution in [-0.2, 0) is 16.6 Å². The molecule has 0 radical (unpaired) electrons. The Balaban J connectivity index is 1.69. The van der Waals surface area contributed by atoms with E-state index < -0.39 is 18.5 Å². The van der Waals surface area contributed by atoms with Gasteiger partial charge < -0.3 is 14.6 Å². The van der Waals surface area contributed by atoms with Crippen molar-refractivity contribution >= 4 is 63.1 Å². The Kier molecular flexibility index (Phi) is 6.93. The highest BCUT2D eigenvalue weighted by molar-refractivity contribution is 6.36. The highest BCUT2D eigenvalue weighted by atomic mass is 35.5. The smallest absolute Gasteiger partial charge is 0.356 e. The summed E-state index contributed by atoms with van der Waals surface area (Å²) >= 11 is 18.0. The number of nitrogens with one attached hydrogen (secondary N) is 1. The van der Waals surface area contributed by atoms with Crippen LogP contribution in [0, 0.1) is 0 Å². The highest BCUT2D eigenvalue weighted by Gasteiger charge is 2.23. The standard InChI is InChI=1S/C25H17Cl3N2O4/c1-30-23(25(33)34-13-21(31)29-20-11-10-16(27)12-19(20)28)22(14-6-8-15(26)9-7-14)17-4-2-3-5-18(17)24(30)32/h2-12H,13H2,1H3,(H,29,31). The molecule has 0 aliphatic carbocycles. The minimum atomic E-state index is -0.826. The molecule has 172 valence electrons. The first kappa shape index (κ1) is 23.8. The minimum Gasteiger partial charge on any atom is -0.451 e. The van der Waals surface area contributed by atoms with E-state index >= 15 is 0 Å². The third kappa shape index (κ3) is 4.80. The van der Waals surface area contributed by atoms with E-state index in [2.05, 4.69) is 5.32 Å². The maximum atomic E-state index is 13.2. The number of carbonyl (C=O) groups is 2. The van der Waals surface area contributed by atoms with Gasteiger partial charge in [0.1, 0.15) is 5.69 Å². The van der Waals surface area contributed by atoms with Crippen LogP contribution in [-0.4, -0.2) is 23.1 Å². The number of fused-ring (bicyclic) bond motifs is 1. The van der Waals surface area contributed by atoms with Gasteiger partial charge in [0.15, 0.2) is 6.61 Å². The largest absolute Gasteiger partial charge is 0.451 e. The van der Waals surface area contributed by atoms with Crippen molar-refractivity contribution in [2.24, 2.45) is 7.05 Å². The SMILES string of the molecule is Cn1c(C(=O)OCC(=O)Nc2ccc(Cl)cc2Cl)c(-c2ccc(Cl)cc2)c2ccccc2c1=O. The summed E-state index contributed by atoms with van der Waals surface area (Å²) < 4.78 is 6.52. The molecule has 34 heavy (non-hydrogen) atoms. The monoisotopic (exact) mass is 514 g/mol. The maximum Gasteiger partial charge on any atom is 0.356 e. The Morgan fingerprint density at radius 3 is 2.24 bits per heavy atom. The zero-order valence-electron chi connectivity index (χ0n) is 17.8. The Morgan fingerprint density at radius 2 is 1.56 bits per heavy atom. The van der Waals surface area contributed by atoms with Crippen molar-refractivity contribution < 1.29 is 14.3 Å². The van der Waals surface area contributed by atoms with Gasteiger partial charge in [-0.25, -0.2) is 4.79 Å². The van der Waals surface area contributed by atoms with Crippen molar-refractivity contribution in [3.63, 3.8) is 0 Å². The average Bonchev–Trinajstić information content (AvgIpc) is 2.82. The molecule has 9 heteroatoms. The number of halogens is 3. The van der Waals surface area contributed by atoms with E-state index in [1.54, 1.807) is 54.6 Å². The number of hydrogen-bond acceptors (Lipinski definition) is 4. The molecule has 3 aromatic carbocycles. The molecule has 0 aliphatic rings. The number of pyridine rings is 1. The van der Waals surface area contributed by atoms with Crippen molar-refractivity contribution in [3.8, 4) is 11.1 Å². The summed E-state index contributed by atoms with van der Waals surface area (Å²) in [5, 5.41) is 4.78. The third-order valence-electron chi connectivity index (χ3n) is 5.17. The first-order valence-electron chi connectivity index (χ1n) is 10.1. The van der Waals surface area contributed by atoms with Crippen molar-refractivity contribution in [1.29, 1.82) is 0 Å². The van der Waals surface area contributed by atoms with E-state index in [1.807, 2.05) is 0 Å². The first-order chi connectivity index (χ1) is 16.3. The Morgan fingerprint density at radius 1 is 0.912 bits per heavy atom. The number of esters is 1. The molecule has 0 aliphatic heterocycles. The van der Waals surface area contributed by atoms with E-state index in [1.165, 1.54) is 23.7 Å². The van der Waals surface area contributed by atoms with Gasteiger partial charge >= 0.3 is 5.97 Å². The number of nitrogens with zero attached hydrogens (tertiary/aromatic N) is 1. The molecule has 0 unspecified atom stereocenters. The summed E-state index contributed by atoms with van der Waals surface area (Å²) in [6.45, 7) is -0.584. The van der Waals surface area contributed by atoms with E-state index in [-0.39, 0.29) is 16.3 Å². The van der Waals surface area contributed by atoms with Crippen LogP contribution in [0.2, 0.25) is 15.1 Å². The molecule has 0 spiro atoms. The van der Waals surface area contributed by atoms with Gasteiger partial charge in [0, 0.05) is 28.0 Å². The molecule has 1 amide bonds. The van der Waals surface area contributed by atoms with Crippen LogP contribution in [0.4, 0.5) is 5.69 Å². The van der Waals surface area contributed by atoms with E-state index in [0.717, 1.165) is 0 Å². The fourth-order valence-corrected chi connectivity index (χ4v) is 4.17. The number of hydrogen-bond donors (Lipinski definition) is 1. The molecule has 0 fully saturated rings. The molecule has 4 rings (SSSR count). The van der Waals surface area contributed by atoms with Gasteiger partial charge in [-0.3, -0.25) is 9.59 Å². The molecule has 0 saturated heterocycles. The second kappa shape index (κ2) is 9.89. The van der Waals surface area contributed by atoms with Crippen LogP contribution < -0.4 is 10.9 Å². The second-order valence-electron chi connectivity index (χ2n) is 7.39. The quantitative estimate of drug-likeness (QED) is 0.333. The summed E-state index contributed by atoms with van der Waals surface area (Å²) in [6.07, 6.45) is 0. The predicted molar refractivity (Wildman–Crippen MR) is 135 cm³/mol. The topological polar surface area (TPSA) is 77.4 Å². The fraction of sp³-hybridized carbons (Fsp3) is 0.0800. The van der Waals surface area contributed by atoms with Crippen LogP contribution in [0.5, 0.6) is 0 Å². The lowest BCUT2D eigenvalue weighted by atomic mass is 9.97. The maximum absolute atomic E-state index is 13.2. The Bertz CT molecular complexity index is 1480. The van der Waals surface area contributed by atoms with E-state index in [0.29, 0.717) is 37.6 Å². The van der Waals surface area contributed by atoms with Crippen LogP contribution >= 0.6 is 34.8 Å². The molecule has 1 N–H and O–H groups in total. The molecule has 0 saturated carbocycles. The number of aromatic nitrogens is 1. The normalized spacial score (nSPS) is 10.8. The Hall–Kier alpha value is -3.32. The summed E-state index contributed by atoms with van der Waals surface area (Å²) in [7, 11) is 1.48. The minimum absolute atomic E-state index is 0.0170. The third-order valence-corrected chi connectivity index (χ3v) is 5.97. The van der Waals surface area contributed by atoms with Gasteiger partial charge in [0.05, 0.1) is 10.7 Å². The van der Waals surface area contributed by atoms with Crippen LogP contribution in [0.25, 0.3) is 21.9 Å². The highest BCUT2D eigenvalue weighted by Crippen LogP contribution is 2.32. The van der Waals surface area contributed by atoms with Gasteiger partial charge in [-0.2, -0.15) is 0 Å². The van der Waals surface area contributed by atoms with Gasteiger partial charge in [-0.15, -0.1) is 0 Å². The summed E-state index contributed by atoms with van der Waals surface area (Å²) in [5.41, 5.74) is 1.15. The fourth-order valence-electron chi connectivity index (χ4n) is 3.59.